The number of pyridine rings is 1. The smallest absolute Gasteiger partial charge is 0.348 e. The van der Waals surface area contributed by atoms with Crippen LogP contribution in [0, 0.1) is 0 Å². The lowest BCUT2D eigenvalue weighted by Crippen LogP contribution is -2.35. The maximum atomic E-state index is 12.5. The molecule has 1 unspecified atom stereocenters. The van der Waals surface area contributed by atoms with Gasteiger partial charge in [-0.3, -0.25) is 0 Å². The molecular formula is C12H18F3N3. The van der Waals surface area contributed by atoms with Gasteiger partial charge in [-0.25, -0.2) is 4.98 Å². The van der Waals surface area contributed by atoms with Crippen molar-refractivity contribution in [1.82, 2.24) is 4.98 Å². The summed E-state index contributed by atoms with van der Waals surface area (Å²) in [5, 5.41) is 0. The topological polar surface area (TPSA) is 42.1 Å². The minimum Gasteiger partial charge on any atom is -0.348 e. The van der Waals surface area contributed by atoms with Crippen LogP contribution >= 0.6 is 0 Å². The van der Waals surface area contributed by atoms with Crippen LogP contribution in [0.4, 0.5) is 19.0 Å². The Morgan fingerprint density at radius 1 is 1.44 bits per heavy atom. The normalized spacial score (nSPS) is 13.4. The van der Waals surface area contributed by atoms with Gasteiger partial charge in [-0.2, -0.15) is 13.2 Å². The first-order valence-corrected chi connectivity index (χ1v) is 5.86. The summed E-state index contributed by atoms with van der Waals surface area (Å²) in [6, 6.07) is 3.11. The molecule has 18 heavy (non-hydrogen) atoms. The number of alkyl halides is 3. The summed E-state index contributed by atoms with van der Waals surface area (Å²) < 4.78 is 37.4. The van der Waals surface area contributed by atoms with E-state index in [-0.39, 0.29) is 6.04 Å². The third-order valence-corrected chi connectivity index (χ3v) is 2.48. The van der Waals surface area contributed by atoms with E-state index in [2.05, 4.69) is 4.98 Å². The Bertz CT molecular complexity index is 377. The Kier molecular flexibility index (Phi) is 4.95. The molecule has 0 bridgehead atoms. The van der Waals surface area contributed by atoms with Gasteiger partial charge in [0.25, 0.3) is 0 Å². The Morgan fingerprint density at radius 3 is 2.61 bits per heavy atom. The molecule has 102 valence electrons. The van der Waals surface area contributed by atoms with Gasteiger partial charge in [0.05, 0.1) is 0 Å². The Balaban J connectivity index is 2.94. The van der Waals surface area contributed by atoms with Crippen LogP contribution in [0.3, 0.4) is 0 Å². The Labute approximate surface area is 105 Å². The van der Waals surface area contributed by atoms with E-state index in [0.29, 0.717) is 18.8 Å². The number of hydrogen-bond donors (Lipinski definition) is 1. The molecule has 0 aliphatic rings. The van der Waals surface area contributed by atoms with Crippen LogP contribution in [0.15, 0.2) is 18.3 Å². The molecule has 2 N–H and O–H groups in total. The van der Waals surface area contributed by atoms with E-state index in [1.165, 1.54) is 11.1 Å². The molecule has 0 radical (unpaired) electrons. The zero-order valence-corrected chi connectivity index (χ0v) is 10.5. The summed E-state index contributed by atoms with van der Waals surface area (Å²) in [4.78, 5) is 5.22. The predicted octanol–water partition coefficient (Wildman–Crippen LogP) is 2.88. The van der Waals surface area contributed by atoms with Crippen LogP contribution in [-0.4, -0.2) is 24.2 Å². The van der Waals surface area contributed by atoms with Crippen molar-refractivity contribution in [2.24, 2.45) is 5.73 Å². The second-order valence-corrected chi connectivity index (χ2v) is 4.27. The van der Waals surface area contributed by atoms with Gasteiger partial charge in [0, 0.05) is 18.8 Å². The highest BCUT2D eigenvalue weighted by atomic mass is 19.4. The van der Waals surface area contributed by atoms with Crippen molar-refractivity contribution in [2.75, 3.05) is 18.0 Å². The molecule has 0 fully saturated rings. The highest BCUT2D eigenvalue weighted by molar-refractivity contribution is 5.42. The third-order valence-electron chi connectivity index (χ3n) is 2.48. The number of anilines is 1. The number of hydrogen-bond acceptors (Lipinski definition) is 3. The fraction of sp³-hybridized carbons (Fsp3) is 0.583. The minimum atomic E-state index is -4.23. The lowest BCUT2D eigenvalue weighted by Gasteiger charge is -2.25. The number of nitrogens with zero attached hydrogens (tertiary/aromatic N) is 2. The minimum absolute atomic E-state index is 0.221. The first-order valence-electron chi connectivity index (χ1n) is 5.86. The lowest BCUT2D eigenvalue weighted by molar-refractivity contribution is -0.119. The molecule has 0 spiro atoms. The van der Waals surface area contributed by atoms with Crippen molar-refractivity contribution >= 4 is 5.82 Å². The van der Waals surface area contributed by atoms with Gasteiger partial charge in [0.2, 0.25) is 0 Å². The number of halogens is 3. The predicted molar refractivity (Wildman–Crippen MR) is 65.4 cm³/mol. The van der Waals surface area contributed by atoms with Crippen molar-refractivity contribution in [3.8, 4) is 0 Å². The first-order chi connectivity index (χ1) is 8.33. The van der Waals surface area contributed by atoms with Crippen molar-refractivity contribution in [3.05, 3.63) is 23.9 Å². The van der Waals surface area contributed by atoms with E-state index in [4.69, 9.17) is 5.73 Å². The van der Waals surface area contributed by atoms with Gasteiger partial charge in [-0.15, -0.1) is 0 Å². The van der Waals surface area contributed by atoms with Gasteiger partial charge in [0.15, 0.2) is 0 Å². The summed E-state index contributed by atoms with van der Waals surface area (Å²) >= 11 is 0. The molecule has 1 heterocycles. The summed E-state index contributed by atoms with van der Waals surface area (Å²) in [6.07, 6.45) is -2.12. The maximum Gasteiger partial charge on any atom is 0.405 e. The fourth-order valence-corrected chi connectivity index (χ4v) is 1.65. The molecule has 1 atom stereocenters. The molecule has 0 saturated carbocycles. The SMILES string of the molecule is CCCN(CC(F)(F)F)c1cc(C(C)N)ccn1. The zero-order valence-electron chi connectivity index (χ0n) is 10.5. The van der Waals surface area contributed by atoms with Crippen LogP contribution in [0.25, 0.3) is 0 Å². The summed E-state index contributed by atoms with van der Waals surface area (Å²) in [5.41, 5.74) is 6.50. The van der Waals surface area contributed by atoms with Gasteiger partial charge < -0.3 is 10.6 Å². The largest absolute Gasteiger partial charge is 0.405 e. The van der Waals surface area contributed by atoms with Crippen molar-refractivity contribution < 1.29 is 13.2 Å². The molecule has 0 aliphatic heterocycles. The average molecular weight is 261 g/mol. The molecule has 1 aromatic heterocycles. The highest BCUT2D eigenvalue weighted by Crippen LogP contribution is 2.22. The molecule has 0 aromatic carbocycles. The standard InChI is InChI=1S/C12H18F3N3/c1-3-6-18(8-12(13,14)15)11-7-10(9(2)16)4-5-17-11/h4-5,7,9H,3,6,8,16H2,1-2H3. The zero-order chi connectivity index (χ0) is 13.8. The molecule has 1 rings (SSSR count). The van der Waals surface area contributed by atoms with Gasteiger partial charge in [-0.1, -0.05) is 6.92 Å². The summed E-state index contributed by atoms with van der Waals surface area (Å²) in [5.74, 6) is 0.323. The second-order valence-electron chi connectivity index (χ2n) is 4.27. The monoisotopic (exact) mass is 261 g/mol. The van der Waals surface area contributed by atoms with E-state index >= 15 is 0 Å². The molecular weight excluding hydrogens is 243 g/mol. The van der Waals surface area contributed by atoms with E-state index in [9.17, 15) is 13.2 Å². The molecule has 0 aliphatic carbocycles. The summed E-state index contributed by atoms with van der Waals surface area (Å²) in [7, 11) is 0. The van der Waals surface area contributed by atoms with Gasteiger partial charge in [-0.05, 0) is 31.0 Å². The van der Waals surface area contributed by atoms with Crippen molar-refractivity contribution in [3.63, 3.8) is 0 Å². The number of aromatic nitrogens is 1. The number of nitrogens with two attached hydrogens (primary N) is 1. The maximum absolute atomic E-state index is 12.5. The molecule has 6 heteroatoms. The van der Waals surface area contributed by atoms with Crippen LogP contribution in [0.1, 0.15) is 31.9 Å². The van der Waals surface area contributed by atoms with Crippen molar-refractivity contribution in [1.29, 1.82) is 0 Å². The first kappa shape index (κ1) is 14.8. The number of rotatable bonds is 5. The van der Waals surface area contributed by atoms with Crippen LogP contribution in [-0.2, 0) is 0 Å². The average Bonchev–Trinajstić information content (AvgIpc) is 2.27. The molecule has 1 aromatic rings. The van der Waals surface area contributed by atoms with E-state index < -0.39 is 12.7 Å². The lowest BCUT2D eigenvalue weighted by atomic mass is 10.1. The summed E-state index contributed by atoms with van der Waals surface area (Å²) in [6.45, 7) is 2.94. The quantitative estimate of drug-likeness (QED) is 0.886. The van der Waals surface area contributed by atoms with Crippen molar-refractivity contribution in [2.45, 2.75) is 32.5 Å². The molecule has 0 saturated heterocycles. The Hall–Kier alpha value is -1.30. The van der Waals surface area contributed by atoms with E-state index in [1.807, 2.05) is 6.92 Å². The van der Waals surface area contributed by atoms with E-state index in [1.54, 1.807) is 19.1 Å². The molecule has 0 amide bonds. The highest BCUT2D eigenvalue weighted by Gasteiger charge is 2.31. The second kappa shape index (κ2) is 6.04. The van der Waals surface area contributed by atoms with Gasteiger partial charge >= 0.3 is 6.18 Å². The van der Waals surface area contributed by atoms with Crippen LogP contribution in [0.5, 0.6) is 0 Å². The fourth-order valence-electron chi connectivity index (χ4n) is 1.65. The Morgan fingerprint density at radius 2 is 2.11 bits per heavy atom. The van der Waals surface area contributed by atoms with Crippen LogP contribution < -0.4 is 10.6 Å². The van der Waals surface area contributed by atoms with Crippen LogP contribution in [0.2, 0.25) is 0 Å². The third kappa shape index (κ3) is 4.52. The molecule has 3 nitrogen and oxygen atoms in total. The van der Waals surface area contributed by atoms with E-state index in [0.717, 1.165) is 5.56 Å². The van der Waals surface area contributed by atoms with Gasteiger partial charge in [0.1, 0.15) is 12.4 Å².